The number of amides is 1. The Morgan fingerprint density at radius 3 is 2.61 bits per heavy atom. The third kappa shape index (κ3) is 4.26. The number of ether oxygens (including phenoxy) is 4. The van der Waals surface area contributed by atoms with Gasteiger partial charge in [0.1, 0.15) is 0 Å². The van der Waals surface area contributed by atoms with Gasteiger partial charge in [0.15, 0.2) is 23.0 Å². The van der Waals surface area contributed by atoms with Crippen LogP contribution in [0.4, 0.5) is 5.69 Å². The van der Waals surface area contributed by atoms with E-state index in [0.717, 1.165) is 0 Å². The third-order valence-corrected chi connectivity index (χ3v) is 7.25. The van der Waals surface area contributed by atoms with E-state index >= 15 is 0 Å². The van der Waals surface area contributed by atoms with E-state index in [4.69, 9.17) is 18.9 Å². The summed E-state index contributed by atoms with van der Waals surface area (Å²) in [5, 5.41) is 2.85. The third-order valence-electron chi connectivity index (χ3n) is 5.39. The number of nitrogens with one attached hydrogen (secondary N) is 1. The monoisotopic (exact) mass is 448 g/mol. The highest BCUT2D eigenvalue weighted by molar-refractivity contribution is 7.89. The summed E-state index contributed by atoms with van der Waals surface area (Å²) in [4.78, 5) is 12.9. The van der Waals surface area contributed by atoms with Crippen LogP contribution in [0.25, 0.3) is 0 Å². The van der Waals surface area contributed by atoms with Gasteiger partial charge in [-0.15, -0.1) is 0 Å². The van der Waals surface area contributed by atoms with E-state index in [1.807, 2.05) is 0 Å². The Bertz CT molecular complexity index is 1090. The Labute approximate surface area is 180 Å². The highest BCUT2D eigenvalue weighted by Crippen LogP contribution is 2.35. The van der Waals surface area contributed by atoms with Crippen LogP contribution in [0.2, 0.25) is 0 Å². The molecule has 0 aliphatic carbocycles. The van der Waals surface area contributed by atoms with E-state index in [2.05, 4.69) is 5.32 Å². The summed E-state index contributed by atoms with van der Waals surface area (Å²) in [7, 11) is -0.849. The van der Waals surface area contributed by atoms with E-state index < -0.39 is 15.9 Å². The summed E-state index contributed by atoms with van der Waals surface area (Å²) in [6, 6.07) is 9.62. The van der Waals surface area contributed by atoms with Crippen molar-refractivity contribution in [1.29, 1.82) is 0 Å². The van der Waals surface area contributed by atoms with Crippen molar-refractivity contribution >= 4 is 21.6 Å². The maximum Gasteiger partial charge on any atom is 0.243 e. The Morgan fingerprint density at radius 2 is 1.84 bits per heavy atom. The van der Waals surface area contributed by atoms with Crippen molar-refractivity contribution in [2.75, 3.05) is 39.4 Å². The molecule has 1 atom stereocenters. The molecule has 2 aliphatic rings. The summed E-state index contributed by atoms with van der Waals surface area (Å²) in [5.74, 6) is 1.28. The molecule has 10 heteroatoms. The number of sulfonamides is 1. The fourth-order valence-electron chi connectivity index (χ4n) is 3.72. The van der Waals surface area contributed by atoms with Crippen LogP contribution in [-0.2, 0) is 14.8 Å². The van der Waals surface area contributed by atoms with E-state index in [1.165, 1.54) is 30.7 Å². The zero-order chi connectivity index (χ0) is 22.0. The van der Waals surface area contributed by atoms with Gasteiger partial charge in [0.25, 0.3) is 0 Å². The van der Waals surface area contributed by atoms with Gasteiger partial charge >= 0.3 is 0 Å². The molecule has 0 saturated carbocycles. The molecule has 9 nitrogen and oxygen atoms in total. The molecular weight excluding hydrogens is 424 g/mol. The van der Waals surface area contributed by atoms with Gasteiger partial charge < -0.3 is 24.3 Å². The zero-order valence-corrected chi connectivity index (χ0v) is 18.1. The molecule has 166 valence electrons. The fourth-order valence-corrected chi connectivity index (χ4v) is 5.26. The van der Waals surface area contributed by atoms with E-state index in [-0.39, 0.29) is 24.1 Å². The number of fused-ring (bicyclic) bond motifs is 1. The van der Waals surface area contributed by atoms with E-state index in [0.29, 0.717) is 48.1 Å². The first-order valence-corrected chi connectivity index (χ1v) is 11.3. The molecule has 0 aromatic heterocycles. The topological polar surface area (TPSA) is 103 Å². The van der Waals surface area contributed by atoms with Gasteiger partial charge in [-0.2, -0.15) is 4.31 Å². The van der Waals surface area contributed by atoms with Gasteiger partial charge in [-0.1, -0.05) is 0 Å². The van der Waals surface area contributed by atoms with Crippen molar-refractivity contribution in [3.8, 4) is 23.0 Å². The smallest absolute Gasteiger partial charge is 0.243 e. The van der Waals surface area contributed by atoms with Gasteiger partial charge in [0, 0.05) is 30.9 Å². The summed E-state index contributed by atoms with van der Waals surface area (Å²) < 4.78 is 48.7. The molecule has 1 N–H and O–H groups in total. The SMILES string of the molecule is COc1ccc(S(=O)(=O)N2CCC[C@H](C(=O)Nc3ccc4c(c3)OCO4)C2)cc1OC. The Morgan fingerprint density at radius 1 is 1.06 bits per heavy atom. The second-order valence-corrected chi connectivity index (χ2v) is 9.21. The largest absolute Gasteiger partial charge is 0.493 e. The number of piperidine rings is 1. The average molecular weight is 448 g/mol. The van der Waals surface area contributed by atoms with Crippen LogP contribution >= 0.6 is 0 Å². The predicted octanol–water partition coefficient (Wildman–Crippen LogP) is 2.47. The standard InChI is InChI=1S/C21H24N2O7S/c1-27-17-8-6-16(11-19(17)28-2)31(25,26)23-9-3-4-14(12-23)21(24)22-15-5-7-18-20(10-15)30-13-29-18/h5-8,10-11,14H,3-4,9,12-13H2,1-2H3,(H,22,24)/t14-/m0/s1. The summed E-state index contributed by atoms with van der Waals surface area (Å²) in [6.07, 6.45) is 1.19. The number of rotatable bonds is 6. The van der Waals surface area contributed by atoms with Crippen molar-refractivity contribution < 1.29 is 32.2 Å². The Balaban J connectivity index is 1.48. The molecule has 0 bridgehead atoms. The molecule has 2 aromatic carbocycles. The molecule has 1 amide bonds. The molecule has 0 spiro atoms. The fraction of sp³-hybridized carbons (Fsp3) is 0.381. The van der Waals surface area contributed by atoms with Crippen LogP contribution in [-0.4, -0.2) is 52.7 Å². The number of anilines is 1. The summed E-state index contributed by atoms with van der Waals surface area (Å²) in [5.41, 5.74) is 0.578. The lowest BCUT2D eigenvalue weighted by Crippen LogP contribution is -2.43. The number of hydrogen-bond donors (Lipinski definition) is 1. The van der Waals surface area contributed by atoms with Crippen molar-refractivity contribution in [3.63, 3.8) is 0 Å². The van der Waals surface area contributed by atoms with Crippen molar-refractivity contribution in [2.24, 2.45) is 5.92 Å². The predicted molar refractivity (Wildman–Crippen MR) is 112 cm³/mol. The number of methoxy groups -OCH3 is 2. The lowest BCUT2D eigenvalue weighted by Gasteiger charge is -2.31. The first-order valence-electron chi connectivity index (χ1n) is 9.85. The Hall–Kier alpha value is -2.98. The first-order chi connectivity index (χ1) is 14.9. The van der Waals surface area contributed by atoms with Crippen LogP contribution in [0, 0.1) is 5.92 Å². The summed E-state index contributed by atoms with van der Waals surface area (Å²) >= 11 is 0. The molecule has 4 rings (SSSR count). The lowest BCUT2D eigenvalue weighted by atomic mass is 9.98. The second kappa shape index (κ2) is 8.64. The lowest BCUT2D eigenvalue weighted by molar-refractivity contribution is -0.120. The van der Waals surface area contributed by atoms with Crippen molar-refractivity contribution in [3.05, 3.63) is 36.4 Å². The van der Waals surface area contributed by atoms with Gasteiger partial charge in [-0.3, -0.25) is 4.79 Å². The molecule has 1 fully saturated rings. The maximum absolute atomic E-state index is 13.2. The van der Waals surface area contributed by atoms with E-state index in [1.54, 1.807) is 24.3 Å². The molecule has 2 aromatic rings. The van der Waals surface area contributed by atoms with Gasteiger partial charge in [0.2, 0.25) is 22.7 Å². The van der Waals surface area contributed by atoms with Crippen LogP contribution < -0.4 is 24.3 Å². The normalized spacial score (nSPS) is 18.5. The zero-order valence-electron chi connectivity index (χ0n) is 17.3. The van der Waals surface area contributed by atoms with Crippen molar-refractivity contribution in [1.82, 2.24) is 4.31 Å². The highest BCUT2D eigenvalue weighted by Gasteiger charge is 2.34. The van der Waals surface area contributed by atoms with Gasteiger partial charge in [0.05, 0.1) is 25.0 Å². The summed E-state index contributed by atoms with van der Waals surface area (Å²) in [6.45, 7) is 0.607. The number of hydrogen-bond acceptors (Lipinski definition) is 7. The highest BCUT2D eigenvalue weighted by atomic mass is 32.2. The molecule has 1 saturated heterocycles. The number of carbonyl (C=O) groups excluding carboxylic acids is 1. The first kappa shape index (κ1) is 21.3. The van der Waals surface area contributed by atoms with Crippen molar-refractivity contribution in [2.45, 2.75) is 17.7 Å². The minimum Gasteiger partial charge on any atom is -0.493 e. The Kier molecular flexibility index (Phi) is 5.92. The minimum absolute atomic E-state index is 0.0991. The molecular formula is C21H24N2O7S. The van der Waals surface area contributed by atoms with Crippen LogP contribution in [0.1, 0.15) is 12.8 Å². The molecule has 0 unspecified atom stereocenters. The van der Waals surface area contributed by atoms with Crippen LogP contribution in [0.5, 0.6) is 23.0 Å². The number of carbonyl (C=O) groups is 1. The molecule has 2 heterocycles. The quantitative estimate of drug-likeness (QED) is 0.724. The number of nitrogens with zero attached hydrogens (tertiary/aromatic N) is 1. The van der Waals surface area contributed by atoms with E-state index in [9.17, 15) is 13.2 Å². The van der Waals surface area contributed by atoms with Gasteiger partial charge in [-0.25, -0.2) is 8.42 Å². The second-order valence-electron chi connectivity index (χ2n) is 7.28. The minimum atomic E-state index is -3.79. The molecule has 31 heavy (non-hydrogen) atoms. The van der Waals surface area contributed by atoms with Crippen LogP contribution in [0.3, 0.4) is 0 Å². The molecule has 0 radical (unpaired) electrons. The number of benzene rings is 2. The average Bonchev–Trinajstić information content (AvgIpc) is 3.26. The van der Waals surface area contributed by atoms with Gasteiger partial charge in [-0.05, 0) is 37.1 Å². The van der Waals surface area contributed by atoms with Crippen LogP contribution in [0.15, 0.2) is 41.3 Å². The molecule has 2 aliphatic heterocycles. The maximum atomic E-state index is 13.2.